The number of alkyl halides is 3. The van der Waals surface area contributed by atoms with E-state index in [-0.39, 0.29) is 0 Å². The van der Waals surface area contributed by atoms with Crippen molar-refractivity contribution in [3.8, 4) is 11.5 Å². The number of rotatable bonds is 9. The predicted octanol–water partition coefficient (Wildman–Crippen LogP) is 3.11. The molecule has 0 heterocycles. The quantitative estimate of drug-likeness (QED) is 0.562. The van der Waals surface area contributed by atoms with Gasteiger partial charge in [-0.15, -0.1) is 0 Å². The molecule has 0 fully saturated rings. The van der Waals surface area contributed by atoms with Crippen molar-refractivity contribution in [1.29, 1.82) is 0 Å². The third-order valence-electron chi connectivity index (χ3n) is 2.44. The second-order valence-electron chi connectivity index (χ2n) is 4.37. The first kappa shape index (κ1) is 17.6. The molecular formula is C14H20F3NO3. The maximum atomic E-state index is 12.0. The number of hydrogen-bond donors (Lipinski definition) is 1. The smallest absolute Gasteiger partial charge is 0.411 e. The first-order chi connectivity index (χ1) is 9.96. The fraction of sp³-hybridized carbons (Fsp3) is 0.571. The Kier molecular flexibility index (Phi) is 7.31. The van der Waals surface area contributed by atoms with Crippen molar-refractivity contribution in [2.24, 2.45) is 0 Å². The molecule has 120 valence electrons. The Bertz CT molecular complexity index is 424. The SMILES string of the molecule is CCCOc1ccc(CNC)c(OCOCC(F)(F)F)c1. The first-order valence-electron chi connectivity index (χ1n) is 6.64. The summed E-state index contributed by atoms with van der Waals surface area (Å²) in [5.74, 6) is 1.06. The van der Waals surface area contributed by atoms with Crippen LogP contribution in [0.5, 0.6) is 11.5 Å². The lowest BCUT2D eigenvalue weighted by Crippen LogP contribution is -2.19. The number of benzene rings is 1. The lowest BCUT2D eigenvalue weighted by atomic mass is 10.2. The molecular weight excluding hydrogens is 287 g/mol. The van der Waals surface area contributed by atoms with Gasteiger partial charge in [-0.3, -0.25) is 0 Å². The van der Waals surface area contributed by atoms with Crippen LogP contribution in [0.15, 0.2) is 18.2 Å². The highest BCUT2D eigenvalue weighted by molar-refractivity contribution is 5.40. The van der Waals surface area contributed by atoms with Gasteiger partial charge in [0.15, 0.2) is 6.79 Å². The second-order valence-corrected chi connectivity index (χ2v) is 4.37. The summed E-state index contributed by atoms with van der Waals surface area (Å²) in [6.45, 7) is 1.28. The molecule has 0 aliphatic heterocycles. The van der Waals surface area contributed by atoms with Gasteiger partial charge >= 0.3 is 6.18 Å². The lowest BCUT2D eigenvalue weighted by molar-refractivity contribution is -0.186. The Labute approximate surface area is 122 Å². The van der Waals surface area contributed by atoms with Crippen LogP contribution in [0, 0.1) is 0 Å². The zero-order valence-electron chi connectivity index (χ0n) is 12.1. The van der Waals surface area contributed by atoms with Crippen LogP contribution in [0.25, 0.3) is 0 Å². The molecule has 1 rings (SSSR count). The third kappa shape index (κ3) is 7.19. The van der Waals surface area contributed by atoms with Crippen molar-refractivity contribution in [2.45, 2.75) is 26.1 Å². The molecule has 21 heavy (non-hydrogen) atoms. The van der Waals surface area contributed by atoms with E-state index >= 15 is 0 Å². The number of nitrogens with one attached hydrogen (secondary N) is 1. The van der Waals surface area contributed by atoms with E-state index in [1.165, 1.54) is 0 Å². The largest absolute Gasteiger partial charge is 0.493 e. The van der Waals surface area contributed by atoms with Gasteiger partial charge in [0.25, 0.3) is 0 Å². The van der Waals surface area contributed by atoms with Crippen molar-refractivity contribution in [2.75, 3.05) is 27.1 Å². The van der Waals surface area contributed by atoms with E-state index in [1.54, 1.807) is 25.2 Å². The van der Waals surface area contributed by atoms with E-state index in [9.17, 15) is 13.2 Å². The monoisotopic (exact) mass is 307 g/mol. The van der Waals surface area contributed by atoms with Crippen LogP contribution < -0.4 is 14.8 Å². The molecule has 0 saturated heterocycles. The summed E-state index contributed by atoms with van der Waals surface area (Å²) in [6, 6.07) is 5.26. The van der Waals surface area contributed by atoms with Crippen molar-refractivity contribution >= 4 is 0 Å². The van der Waals surface area contributed by atoms with Gasteiger partial charge < -0.3 is 19.5 Å². The molecule has 0 aromatic heterocycles. The van der Waals surface area contributed by atoms with Gasteiger partial charge in [0.1, 0.15) is 18.1 Å². The van der Waals surface area contributed by atoms with Crippen LogP contribution in [-0.2, 0) is 11.3 Å². The van der Waals surface area contributed by atoms with Crippen LogP contribution in [0.4, 0.5) is 13.2 Å². The van der Waals surface area contributed by atoms with E-state index in [0.717, 1.165) is 12.0 Å². The van der Waals surface area contributed by atoms with E-state index in [4.69, 9.17) is 9.47 Å². The minimum absolute atomic E-state index is 0.445. The summed E-state index contributed by atoms with van der Waals surface area (Å²) in [7, 11) is 1.77. The molecule has 4 nitrogen and oxygen atoms in total. The average molecular weight is 307 g/mol. The first-order valence-corrected chi connectivity index (χ1v) is 6.64. The number of ether oxygens (including phenoxy) is 3. The molecule has 0 unspecified atom stereocenters. The standard InChI is InChI=1S/C14H20F3NO3/c1-3-6-20-12-5-4-11(8-18-2)13(7-12)21-10-19-9-14(15,16)17/h4-5,7,18H,3,6,8-10H2,1-2H3. The van der Waals surface area contributed by atoms with Crippen LogP contribution in [-0.4, -0.2) is 33.2 Å². The number of halogens is 3. The van der Waals surface area contributed by atoms with Gasteiger partial charge in [0.2, 0.25) is 0 Å². The normalized spacial score (nSPS) is 11.5. The van der Waals surface area contributed by atoms with Crippen LogP contribution >= 0.6 is 0 Å². The molecule has 0 amide bonds. The second kappa shape index (κ2) is 8.74. The maximum absolute atomic E-state index is 12.0. The van der Waals surface area contributed by atoms with Crippen molar-refractivity contribution < 1.29 is 27.4 Å². The van der Waals surface area contributed by atoms with E-state index < -0.39 is 19.6 Å². The minimum Gasteiger partial charge on any atom is -0.493 e. The molecule has 7 heteroatoms. The fourth-order valence-corrected chi connectivity index (χ4v) is 1.58. The Hall–Kier alpha value is -1.47. The molecule has 1 N–H and O–H groups in total. The molecule has 0 aliphatic rings. The molecule has 0 spiro atoms. The zero-order valence-corrected chi connectivity index (χ0v) is 12.1. The Balaban J connectivity index is 2.62. The van der Waals surface area contributed by atoms with Gasteiger partial charge in [-0.25, -0.2) is 0 Å². The zero-order chi connectivity index (χ0) is 15.7. The lowest BCUT2D eigenvalue weighted by Gasteiger charge is -2.14. The topological polar surface area (TPSA) is 39.7 Å². The Morgan fingerprint density at radius 1 is 1.19 bits per heavy atom. The third-order valence-corrected chi connectivity index (χ3v) is 2.44. The Morgan fingerprint density at radius 2 is 1.95 bits per heavy atom. The highest BCUT2D eigenvalue weighted by Crippen LogP contribution is 2.25. The fourth-order valence-electron chi connectivity index (χ4n) is 1.58. The maximum Gasteiger partial charge on any atom is 0.411 e. The van der Waals surface area contributed by atoms with E-state index in [0.29, 0.717) is 24.7 Å². The summed E-state index contributed by atoms with van der Waals surface area (Å²) >= 11 is 0. The molecule has 0 saturated carbocycles. The van der Waals surface area contributed by atoms with Crippen molar-refractivity contribution in [1.82, 2.24) is 5.32 Å². The van der Waals surface area contributed by atoms with Crippen molar-refractivity contribution in [3.63, 3.8) is 0 Å². The highest BCUT2D eigenvalue weighted by atomic mass is 19.4. The Morgan fingerprint density at radius 3 is 2.57 bits per heavy atom. The molecule has 0 atom stereocenters. The van der Waals surface area contributed by atoms with Gasteiger partial charge in [-0.05, 0) is 19.5 Å². The van der Waals surface area contributed by atoms with Crippen LogP contribution in [0.1, 0.15) is 18.9 Å². The van der Waals surface area contributed by atoms with Crippen molar-refractivity contribution in [3.05, 3.63) is 23.8 Å². The molecule has 1 aromatic rings. The molecule has 0 radical (unpaired) electrons. The summed E-state index contributed by atoms with van der Waals surface area (Å²) in [5.41, 5.74) is 0.817. The predicted molar refractivity (Wildman–Crippen MR) is 72.5 cm³/mol. The number of hydrogen-bond acceptors (Lipinski definition) is 4. The summed E-state index contributed by atoms with van der Waals surface area (Å²) in [6.07, 6.45) is -3.49. The van der Waals surface area contributed by atoms with Gasteiger partial charge in [-0.1, -0.05) is 13.0 Å². The van der Waals surface area contributed by atoms with Gasteiger partial charge in [0.05, 0.1) is 6.61 Å². The molecule has 0 bridgehead atoms. The van der Waals surface area contributed by atoms with E-state index in [1.807, 2.05) is 6.92 Å². The van der Waals surface area contributed by atoms with Crippen LogP contribution in [0.3, 0.4) is 0 Å². The van der Waals surface area contributed by atoms with Gasteiger partial charge in [-0.2, -0.15) is 13.2 Å². The van der Waals surface area contributed by atoms with Crippen LogP contribution in [0.2, 0.25) is 0 Å². The molecule has 1 aromatic carbocycles. The summed E-state index contributed by atoms with van der Waals surface area (Å²) in [4.78, 5) is 0. The summed E-state index contributed by atoms with van der Waals surface area (Å²) < 4.78 is 51.1. The van der Waals surface area contributed by atoms with E-state index in [2.05, 4.69) is 10.1 Å². The minimum atomic E-state index is -4.36. The summed E-state index contributed by atoms with van der Waals surface area (Å²) in [5, 5.41) is 2.96. The van der Waals surface area contributed by atoms with Gasteiger partial charge in [0, 0.05) is 18.2 Å². The molecule has 0 aliphatic carbocycles. The average Bonchev–Trinajstić information content (AvgIpc) is 2.42. The highest BCUT2D eigenvalue weighted by Gasteiger charge is 2.27.